The third-order valence-corrected chi connectivity index (χ3v) is 1.78. The van der Waals surface area contributed by atoms with Crippen LogP contribution >= 0.6 is 0 Å². The van der Waals surface area contributed by atoms with Crippen LogP contribution in [0.5, 0.6) is 0 Å². The van der Waals surface area contributed by atoms with E-state index in [4.69, 9.17) is 0 Å². The Morgan fingerprint density at radius 3 is 2.30 bits per heavy atom. The van der Waals surface area contributed by atoms with Crippen molar-refractivity contribution in [3.8, 4) is 0 Å². The van der Waals surface area contributed by atoms with Crippen molar-refractivity contribution in [1.29, 1.82) is 0 Å². The average Bonchev–Trinajstić information content (AvgIpc) is 2.00. The minimum absolute atomic E-state index is 0.488. The fourth-order valence-corrected chi connectivity index (χ4v) is 1.07. The molecule has 10 heavy (non-hydrogen) atoms. The highest BCUT2D eigenvalue weighted by molar-refractivity contribution is 5.09. The molecule has 0 amide bonds. The van der Waals surface area contributed by atoms with E-state index in [0.29, 0.717) is 5.92 Å². The van der Waals surface area contributed by atoms with Crippen molar-refractivity contribution >= 4 is 0 Å². The normalized spacial score (nSPS) is 11.8. The summed E-state index contributed by atoms with van der Waals surface area (Å²) in [7, 11) is 0. The van der Waals surface area contributed by atoms with Crippen molar-refractivity contribution in [2.45, 2.75) is 26.7 Å². The first-order valence-electron chi connectivity index (χ1n) is 3.81. The molecule has 0 heteroatoms. The van der Waals surface area contributed by atoms with Gasteiger partial charge in [-0.3, -0.25) is 0 Å². The minimum atomic E-state index is 0.488. The Hall–Kier alpha value is -0.740. The molecule has 0 aromatic rings. The molecule has 56 valence electrons. The smallest absolute Gasteiger partial charge is 0.00471 e. The molecular formula is C10H16. The van der Waals surface area contributed by atoms with Gasteiger partial charge in [0, 0.05) is 5.92 Å². The van der Waals surface area contributed by atoms with Crippen LogP contribution < -0.4 is 0 Å². The van der Waals surface area contributed by atoms with E-state index in [1.165, 1.54) is 5.57 Å². The van der Waals surface area contributed by atoms with Crippen LogP contribution in [-0.2, 0) is 0 Å². The van der Waals surface area contributed by atoms with Crippen LogP contribution in [0, 0.1) is 5.92 Å². The molecule has 0 saturated heterocycles. The summed E-state index contributed by atoms with van der Waals surface area (Å²) in [5, 5.41) is 0. The van der Waals surface area contributed by atoms with E-state index in [9.17, 15) is 0 Å². The Labute approximate surface area is 64.0 Å². The van der Waals surface area contributed by atoms with Crippen molar-refractivity contribution in [3.63, 3.8) is 0 Å². The highest BCUT2D eigenvalue weighted by atomic mass is 14.1. The molecule has 0 aliphatic heterocycles. The summed E-state index contributed by atoms with van der Waals surface area (Å²) in [6.45, 7) is 11.7. The summed E-state index contributed by atoms with van der Waals surface area (Å²) in [5.74, 6) is 0.488. The summed E-state index contributed by atoms with van der Waals surface area (Å²) in [6.07, 6.45) is 4.11. The maximum atomic E-state index is 3.76. The highest BCUT2D eigenvalue weighted by Crippen LogP contribution is 2.17. The predicted octanol–water partition coefficient (Wildman–Crippen LogP) is 3.32. The van der Waals surface area contributed by atoms with E-state index in [1.807, 2.05) is 6.08 Å². The molecule has 0 aromatic heterocycles. The molecule has 0 aliphatic carbocycles. The lowest BCUT2D eigenvalue weighted by atomic mass is 9.95. The van der Waals surface area contributed by atoms with Crippen molar-refractivity contribution in [2.24, 2.45) is 5.92 Å². The second-order valence-electron chi connectivity index (χ2n) is 2.31. The van der Waals surface area contributed by atoms with E-state index in [-0.39, 0.29) is 0 Å². The lowest BCUT2D eigenvalue weighted by molar-refractivity contribution is 0.702. The van der Waals surface area contributed by atoms with Crippen LogP contribution in [0.3, 0.4) is 0 Å². The number of allylic oxidation sites excluding steroid dienone is 2. The van der Waals surface area contributed by atoms with Gasteiger partial charge in [0.05, 0.1) is 0 Å². The van der Waals surface area contributed by atoms with E-state index >= 15 is 0 Å². The van der Waals surface area contributed by atoms with Gasteiger partial charge in [-0.1, -0.05) is 26.5 Å². The summed E-state index contributed by atoms with van der Waals surface area (Å²) in [5.41, 5.74) is 4.22. The summed E-state index contributed by atoms with van der Waals surface area (Å²) in [6, 6.07) is 0. The molecule has 0 fully saturated rings. The molecule has 0 nitrogen and oxygen atoms in total. The van der Waals surface area contributed by atoms with Gasteiger partial charge in [-0.25, -0.2) is 0 Å². The standard InChI is InChI=1S/C10H16/c1-5-9(6-2)10(7-3)8-4/h5,9H,1,3,6,8H2,2,4H3. The minimum Gasteiger partial charge on any atom is -0.129 e. The molecule has 0 N–H and O–H groups in total. The van der Waals surface area contributed by atoms with Gasteiger partial charge in [-0.05, 0) is 18.4 Å². The molecule has 0 aliphatic rings. The SMILES string of the molecule is C=C=C(CC)C(C=C)CC. The molecule has 0 aromatic carbocycles. The van der Waals surface area contributed by atoms with Gasteiger partial charge in [0.2, 0.25) is 0 Å². The van der Waals surface area contributed by atoms with Gasteiger partial charge >= 0.3 is 0 Å². The summed E-state index contributed by atoms with van der Waals surface area (Å²) in [4.78, 5) is 0. The van der Waals surface area contributed by atoms with E-state index in [1.54, 1.807) is 0 Å². The first-order valence-corrected chi connectivity index (χ1v) is 3.81. The zero-order valence-electron chi connectivity index (χ0n) is 6.98. The van der Waals surface area contributed by atoms with Crippen molar-refractivity contribution in [1.82, 2.24) is 0 Å². The summed E-state index contributed by atoms with van der Waals surface area (Å²) < 4.78 is 0. The molecule has 0 heterocycles. The van der Waals surface area contributed by atoms with Gasteiger partial charge < -0.3 is 0 Å². The van der Waals surface area contributed by atoms with E-state index < -0.39 is 0 Å². The topological polar surface area (TPSA) is 0 Å². The van der Waals surface area contributed by atoms with Crippen molar-refractivity contribution < 1.29 is 0 Å². The van der Waals surface area contributed by atoms with Gasteiger partial charge in [0.25, 0.3) is 0 Å². The molecule has 0 saturated carbocycles. The largest absolute Gasteiger partial charge is 0.129 e. The van der Waals surface area contributed by atoms with Gasteiger partial charge in [0.1, 0.15) is 0 Å². The van der Waals surface area contributed by atoms with Gasteiger partial charge in [0.15, 0.2) is 0 Å². The molecular weight excluding hydrogens is 120 g/mol. The Kier molecular flexibility index (Phi) is 4.70. The predicted molar refractivity (Wildman–Crippen MR) is 46.9 cm³/mol. The third-order valence-electron chi connectivity index (χ3n) is 1.78. The average molecular weight is 136 g/mol. The Bertz CT molecular complexity index is 147. The highest BCUT2D eigenvalue weighted by Gasteiger charge is 2.03. The second-order valence-corrected chi connectivity index (χ2v) is 2.31. The van der Waals surface area contributed by atoms with Crippen LogP contribution in [0.4, 0.5) is 0 Å². The van der Waals surface area contributed by atoms with Gasteiger partial charge in [-0.2, -0.15) is 0 Å². The third kappa shape index (κ3) is 2.24. The molecule has 1 atom stereocenters. The lowest BCUT2D eigenvalue weighted by Crippen LogP contribution is -1.96. The number of hydrogen-bond acceptors (Lipinski definition) is 0. The van der Waals surface area contributed by atoms with Crippen LogP contribution in [0.1, 0.15) is 26.7 Å². The molecule has 0 radical (unpaired) electrons. The molecule has 0 spiro atoms. The Morgan fingerprint density at radius 1 is 1.60 bits per heavy atom. The Morgan fingerprint density at radius 2 is 2.20 bits per heavy atom. The number of rotatable bonds is 4. The lowest BCUT2D eigenvalue weighted by Gasteiger charge is -2.09. The van der Waals surface area contributed by atoms with Crippen LogP contribution in [0.25, 0.3) is 0 Å². The second kappa shape index (κ2) is 5.08. The zero-order valence-corrected chi connectivity index (χ0v) is 6.98. The fourth-order valence-electron chi connectivity index (χ4n) is 1.07. The zero-order chi connectivity index (χ0) is 7.98. The molecule has 1 unspecified atom stereocenters. The summed E-state index contributed by atoms with van der Waals surface area (Å²) >= 11 is 0. The van der Waals surface area contributed by atoms with E-state index in [0.717, 1.165) is 12.8 Å². The molecule has 0 rings (SSSR count). The quantitative estimate of drug-likeness (QED) is 0.411. The van der Waals surface area contributed by atoms with Crippen molar-refractivity contribution in [3.05, 3.63) is 30.5 Å². The maximum absolute atomic E-state index is 3.76. The maximum Gasteiger partial charge on any atom is 0.00471 e. The monoisotopic (exact) mass is 136 g/mol. The molecule has 0 bridgehead atoms. The van der Waals surface area contributed by atoms with Gasteiger partial charge in [-0.15, -0.1) is 12.3 Å². The first-order chi connectivity index (χ1) is 4.79. The first kappa shape index (κ1) is 9.26. The Balaban J connectivity index is 4.24. The van der Waals surface area contributed by atoms with E-state index in [2.05, 4.69) is 32.7 Å². The van der Waals surface area contributed by atoms with Crippen LogP contribution in [0.15, 0.2) is 30.5 Å². The van der Waals surface area contributed by atoms with Crippen molar-refractivity contribution in [2.75, 3.05) is 0 Å². The van der Waals surface area contributed by atoms with Crippen LogP contribution in [0.2, 0.25) is 0 Å². The fraction of sp³-hybridized carbons (Fsp3) is 0.500. The van der Waals surface area contributed by atoms with Crippen LogP contribution in [-0.4, -0.2) is 0 Å². The number of hydrogen-bond donors (Lipinski definition) is 0.